The molecule has 2 aliphatic heterocycles. The minimum atomic E-state index is -5.32. The average Bonchev–Trinajstić information content (AvgIpc) is 3.56. The number of hydrogen-bond donors (Lipinski definition) is 1. The molecule has 1 fully saturated rings. The summed E-state index contributed by atoms with van der Waals surface area (Å²) in [6, 6.07) is 21.4. The summed E-state index contributed by atoms with van der Waals surface area (Å²) in [4.78, 5) is 35.3. The van der Waals surface area contributed by atoms with Crippen molar-refractivity contribution < 1.29 is 41.2 Å². The van der Waals surface area contributed by atoms with Gasteiger partial charge in [0.15, 0.2) is 16.5 Å². The Morgan fingerprint density at radius 2 is 1.82 bits per heavy atom. The summed E-state index contributed by atoms with van der Waals surface area (Å²) >= 11 is 0. The fourth-order valence-electron chi connectivity index (χ4n) is 7.21. The smallest absolute Gasteiger partial charge is 0.366 e. The molecule has 2 amide bonds. The highest BCUT2D eigenvalue weighted by Gasteiger charge is 2.73. The molecule has 6 rings (SSSR count). The van der Waals surface area contributed by atoms with Crippen LogP contribution in [0.1, 0.15) is 29.5 Å². The monoisotopic (exact) mass is 697 g/mol. The second-order valence-electron chi connectivity index (χ2n) is 11.9. The number of aryl methyl sites for hydroxylation is 1. The van der Waals surface area contributed by atoms with Crippen molar-refractivity contribution in [1.29, 1.82) is 5.26 Å². The summed E-state index contributed by atoms with van der Waals surface area (Å²) < 4.78 is 44.7. The fraction of sp³-hybridized carbons (Fsp3) is 0.278. The largest absolute Gasteiger partial charge is 0.497 e. The fourth-order valence-corrected chi connectivity index (χ4v) is 9.07. The number of hydrogen-bond acceptors (Lipinski definition) is 12. The van der Waals surface area contributed by atoms with E-state index in [4.69, 9.17) is 14.2 Å². The van der Waals surface area contributed by atoms with Gasteiger partial charge in [0.25, 0.3) is 6.09 Å². The van der Waals surface area contributed by atoms with E-state index in [1.54, 1.807) is 61.5 Å². The normalized spacial score (nSPS) is 22.9. The maximum Gasteiger partial charge on any atom is 0.366 e. The molecule has 14 heteroatoms. The number of carbonyl (C=O) groups excluding carboxylic acids is 2. The number of aromatic nitrogens is 1. The molecule has 258 valence electrons. The van der Waals surface area contributed by atoms with Crippen molar-refractivity contribution in [3.63, 3.8) is 0 Å². The number of nitrogens with zero attached hydrogens (tertiary/aromatic N) is 4. The van der Waals surface area contributed by atoms with Gasteiger partial charge in [0, 0.05) is 36.0 Å². The van der Waals surface area contributed by atoms with E-state index in [0.717, 1.165) is 11.6 Å². The summed E-state index contributed by atoms with van der Waals surface area (Å²) in [5.74, 6) is -1.95. The number of imide groups is 1. The van der Waals surface area contributed by atoms with Crippen molar-refractivity contribution in [3.8, 4) is 23.3 Å². The average molecular weight is 698 g/mol. The number of fused-ring (bicyclic) bond motifs is 1. The van der Waals surface area contributed by atoms with E-state index in [0.29, 0.717) is 11.3 Å². The van der Waals surface area contributed by atoms with Crippen molar-refractivity contribution >= 4 is 33.5 Å². The highest BCUT2D eigenvalue weighted by Crippen LogP contribution is 2.56. The molecule has 4 aromatic rings. The number of para-hydroxylation sites is 2. The lowest BCUT2D eigenvalue weighted by Gasteiger charge is -2.55. The van der Waals surface area contributed by atoms with Gasteiger partial charge in [-0.3, -0.25) is 0 Å². The van der Waals surface area contributed by atoms with Gasteiger partial charge in [-0.2, -0.15) is 13.7 Å². The van der Waals surface area contributed by atoms with Crippen LogP contribution in [0.3, 0.4) is 0 Å². The number of nitriles is 1. The third-order valence-electron chi connectivity index (χ3n) is 9.36. The number of ether oxygens (including phenoxy) is 3. The summed E-state index contributed by atoms with van der Waals surface area (Å²) in [5, 5.41) is 28.0. The molecule has 1 aromatic heterocycles. The van der Waals surface area contributed by atoms with Gasteiger partial charge < -0.3 is 34.3 Å². The molecular formula is C36H35N5O8S. The van der Waals surface area contributed by atoms with Crippen LogP contribution in [0, 0.1) is 18.3 Å². The number of anilines is 2. The molecule has 0 saturated carbocycles. The maximum absolute atomic E-state index is 16.1. The van der Waals surface area contributed by atoms with Crippen LogP contribution < -0.4 is 29.5 Å². The van der Waals surface area contributed by atoms with Gasteiger partial charge in [0.1, 0.15) is 29.6 Å². The predicted molar refractivity (Wildman–Crippen MR) is 180 cm³/mol. The van der Waals surface area contributed by atoms with Crippen molar-refractivity contribution in [2.75, 3.05) is 44.1 Å². The molecule has 0 bridgehead atoms. The third kappa shape index (κ3) is 4.92. The predicted octanol–water partition coefficient (Wildman–Crippen LogP) is 3.70. The third-order valence-corrected chi connectivity index (χ3v) is 11.5. The quantitative estimate of drug-likeness (QED) is 0.252. The van der Waals surface area contributed by atoms with Gasteiger partial charge in [-0.15, -0.1) is 0 Å². The maximum atomic E-state index is 16.1. The second-order valence-corrected chi connectivity index (χ2v) is 13.9. The van der Waals surface area contributed by atoms with E-state index >= 15 is 13.2 Å². The van der Waals surface area contributed by atoms with E-state index in [1.165, 1.54) is 37.4 Å². The standard InChI is InChI=1S/C36H35N5O8S/c1-5-49-30-13-9-7-11-27(30)36(28-21-39-29-12-8-6-10-26(28)29)34(42)41(35(43)44,22-24(20-37)40(36)33-18-23(2)16-17-38-33)50(45,46)32-15-14-25(47-3)19-31(32)48-4/h6-19,24,28,39H,5,21-22H2,1-4H3. The van der Waals surface area contributed by atoms with E-state index < -0.39 is 54.9 Å². The molecule has 4 atom stereocenters. The number of carbonyl (C=O) groups is 2. The Hall–Kier alpha value is -5.65. The topological polar surface area (TPSA) is 171 Å². The van der Waals surface area contributed by atoms with Crippen molar-refractivity contribution in [2.24, 2.45) is 0 Å². The molecule has 3 aromatic carbocycles. The van der Waals surface area contributed by atoms with Crippen molar-refractivity contribution in [1.82, 2.24) is 4.98 Å². The van der Waals surface area contributed by atoms with Crippen molar-refractivity contribution in [2.45, 2.75) is 36.2 Å². The Labute approximate surface area is 289 Å². The zero-order valence-corrected chi connectivity index (χ0v) is 28.6. The summed E-state index contributed by atoms with van der Waals surface area (Å²) in [5.41, 5.74) is -0.116. The molecule has 4 unspecified atom stereocenters. The lowest BCUT2D eigenvalue weighted by Crippen LogP contribution is -2.81. The first kappa shape index (κ1) is 34.2. The zero-order chi connectivity index (χ0) is 35.8. The Morgan fingerprint density at radius 3 is 2.50 bits per heavy atom. The van der Waals surface area contributed by atoms with Gasteiger partial charge in [-0.25, -0.2) is 9.78 Å². The minimum Gasteiger partial charge on any atom is -0.497 e. The van der Waals surface area contributed by atoms with Crippen LogP contribution in [-0.4, -0.2) is 69.2 Å². The van der Waals surface area contributed by atoms with E-state index in [1.807, 2.05) is 13.0 Å². The number of quaternary nitrogens is 1. The molecule has 0 radical (unpaired) electrons. The number of methoxy groups -OCH3 is 2. The number of sulfonamides is 1. The first-order valence-corrected chi connectivity index (χ1v) is 17.2. The van der Waals surface area contributed by atoms with Gasteiger partial charge in [-0.1, -0.05) is 40.3 Å². The van der Waals surface area contributed by atoms with Crippen LogP contribution in [0.25, 0.3) is 0 Å². The second kappa shape index (κ2) is 13.0. The number of amides is 2. The minimum absolute atomic E-state index is 0.0605. The van der Waals surface area contributed by atoms with Crippen LogP contribution in [0.2, 0.25) is 0 Å². The Bertz CT molecular complexity index is 2140. The molecule has 0 spiro atoms. The van der Waals surface area contributed by atoms with Gasteiger partial charge in [0.2, 0.25) is 0 Å². The molecule has 1 saturated heterocycles. The van der Waals surface area contributed by atoms with Crippen LogP contribution >= 0.6 is 0 Å². The van der Waals surface area contributed by atoms with Gasteiger partial charge in [0.05, 0.1) is 26.9 Å². The van der Waals surface area contributed by atoms with Crippen LogP contribution in [0.4, 0.5) is 16.3 Å². The highest BCUT2D eigenvalue weighted by molar-refractivity contribution is 7.86. The number of nitrogens with one attached hydrogen (secondary N) is 1. The Kier molecular flexibility index (Phi) is 8.89. The first-order valence-electron chi connectivity index (χ1n) is 15.8. The molecule has 50 heavy (non-hydrogen) atoms. The van der Waals surface area contributed by atoms with Crippen molar-refractivity contribution in [3.05, 3.63) is 102 Å². The summed E-state index contributed by atoms with van der Waals surface area (Å²) in [6.07, 6.45) is -0.722. The molecule has 3 heterocycles. The molecule has 0 aliphatic carbocycles. The SMILES string of the molecule is CCOc1ccccc1C1(C2CNc3ccccc32)C(=O)[N+](C(=O)[O-])(S(=O)(=O)c2ccc(OC)cc2OC)CC(C#N)N1c1cc(C)ccn1. The number of pyridine rings is 1. The number of benzene rings is 3. The first-order chi connectivity index (χ1) is 24.0. The lowest BCUT2D eigenvalue weighted by atomic mass is 9.70. The molecule has 13 nitrogen and oxygen atoms in total. The molecule has 2 aliphatic rings. The summed E-state index contributed by atoms with van der Waals surface area (Å²) in [7, 11) is -2.74. The summed E-state index contributed by atoms with van der Waals surface area (Å²) in [6.45, 7) is 2.74. The number of piperazine rings is 1. The molecular weight excluding hydrogens is 662 g/mol. The highest BCUT2D eigenvalue weighted by atomic mass is 32.2. The Morgan fingerprint density at radius 1 is 1.08 bits per heavy atom. The van der Waals surface area contributed by atoms with E-state index in [-0.39, 0.29) is 41.8 Å². The Balaban J connectivity index is 1.80. The zero-order valence-electron chi connectivity index (χ0n) is 27.8. The molecule has 1 N–H and O–H groups in total. The number of rotatable bonds is 9. The van der Waals surface area contributed by atoms with Crippen LogP contribution in [-0.2, 0) is 20.4 Å². The lowest BCUT2D eigenvalue weighted by molar-refractivity contribution is -0.693. The van der Waals surface area contributed by atoms with E-state index in [2.05, 4.69) is 16.4 Å². The van der Waals surface area contributed by atoms with E-state index in [9.17, 15) is 15.2 Å². The number of carboxylic acid groups (broad SMARTS) is 1. The van der Waals surface area contributed by atoms with Crippen LogP contribution in [0.5, 0.6) is 17.2 Å². The van der Waals surface area contributed by atoms with Crippen LogP contribution in [0.15, 0.2) is 90.0 Å². The van der Waals surface area contributed by atoms with Gasteiger partial charge in [-0.05, 0) is 61.4 Å². The van der Waals surface area contributed by atoms with Gasteiger partial charge >= 0.3 is 15.9 Å².